The number of nitrogens with one attached hydrogen (secondary N) is 1. The van der Waals surface area contributed by atoms with E-state index in [0.29, 0.717) is 28.6 Å². The molecule has 3 aromatic rings. The molecule has 0 spiro atoms. The van der Waals surface area contributed by atoms with Gasteiger partial charge in [0.15, 0.2) is 0 Å². The number of hydrogen-bond acceptors (Lipinski definition) is 4. The highest BCUT2D eigenvalue weighted by molar-refractivity contribution is 8.00. The van der Waals surface area contributed by atoms with Gasteiger partial charge in [0.1, 0.15) is 18.2 Å². The third-order valence-corrected chi connectivity index (χ3v) is 7.39. The molecule has 1 N–H and O–H groups in total. The van der Waals surface area contributed by atoms with Crippen LogP contribution in [0.25, 0.3) is 5.69 Å². The summed E-state index contributed by atoms with van der Waals surface area (Å²) >= 11 is 7.67. The number of aromatic nitrogens is 2. The molecule has 0 radical (unpaired) electrons. The third-order valence-electron chi connectivity index (χ3n) is 5.91. The fourth-order valence-electron chi connectivity index (χ4n) is 4.26. The Labute approximate surface area is 220 Å². The summed E-state index contributed by atoms with van der Waals surface area (Å²) in [5, 5.41) is 7.86. The van der Waals surface area contributed by atoms with Crippen molar-refractivity contribution >= 4 is 41.0 Å². The minimum atomic E-state index is -0.490. The van der Waals surface area contributed by atoms with Crippen LogP contribution in [0, 0.1) is 5.82 Å². The van der Waals surface area contributed by atoms with Gasteiger partial charge in [-0.25, -0.2) is 9.07 Å². The molecule has 9 heteroatoms. The Kier molecular flexibility index (Phi) is 7.76. The molecule has 1 aliphatic rings. The van der Waals surface area contributed by atoms with Crippen molar-refractivity contribution in [2.24, 2.45) is 0 Å². The van der Waals surface area contributed by atoms with Crippen LogP contribution < -0.4 is 10.2 Å². The van der Waals surface area contributed by atoms with Gasteiger partial charge in [0.05, 0.1) is 22.4 Å². The normalized spacial score (nSPS) is 16.0. The topological polar surface area (TPSA) is 67.2 Å². The van der Waals surface area contributed by atoms with Gasteiger partial charge >= 0.3 is 0 Å². The monoisotopic (exact) mass is 528 g/mol. The molecule has 1 aliphatic heterocycles. The molecule has 1 atom stereocenters. The van der Waals surface area contributed by atoms with E-state index in [0.717, 1.165) is 17.7 Å². The van der Waals surface area contributed by atoms with Crippen molar-refractivity contribution in [1.82, 2.24) is 15.1 Å². The van der Waals surface area contributed by atoms with Crippen molar-refractivity contribution in [1.29, 1.82) is 0 Å². The van der Waals surface area contributed by atoms with Gasteiger partial charge in [-0.05, 0) is 30.7 Å². The summed E-state index contributed by atoms with van der Waals surface area (Å²) < 4.78 is 16.8. The molecule has 190 valence electrons. The van der Waals surface area contributed by atoms with Crippen LogP contribution in [0.3, 0.4) is 0 Å². The number of halogens is 2. The second kappa shape index (κ2) is 10.6. The van der Waals surface area contributed by atoms with Gasteiger partial charge in [-0.15, -0.1) is 11.8 Å². The van der Waals surface area contributed by atoms with Gasteiger partial charge in [-0.1, -0.05) is 63.6 Å². The van der Waals surface area contributed by atoms with Gasteiger partial charge in [-0.3, -0.25) is 14.5 Å². The van der Waals surface area contributed by atoms with E-state index in [2.05, 4.69) is 5.32 Å². The first kappa shape index (κ1) is 26.2. The van der Waals surface area contributed by atoms with Crippen LogP contribution in [-0.4, -0.2) is 40.4 Å². The summed E-state index contributed by atoms with van der Waals surface area (Å²) in [6, 6.07) is 13.8. The van der Waals surface area contributed by atoms with Crippen molar-refractivity contribution in [3.05, 3.63) is 76.2 Å². The van der Waals surface area contributed by atoms with E-state index in [1.807, 2.05) is 39.8 Å². The fraction of sp³-hybridized carbons (Fsp3) is 0.370. The van der Waals surface area contributed by atoms with Crippen molar-refractivity contribution in [3.8, 4) is 5.69 Å². The average molecular weight is 529 g/mol. The van der Waals surface area contributed by atoms with Crippen LogP contribution in [0.1, 0.15) is 56.2 Å². The summed E-state index contributed by atoms with van der Waals surface area (Å²) in [4.78, 5) is 27.8. The number of carbonyl (C=O) groups excluding carboxylic acids is 2. The summed E-state index contributed by atoms with van der Waals surface area (Å²) in [6.07, 6.45) is 0.783. The van der Waals surface area contributed by atoms with Crippen LogP contribution in [-0.2, 0) is 15.0 Å². The smallest absolute Gasteiger partial charge is 0.240 e. The minimum Gasteiger partial charge on any atom is -0.355 e. The number of rotatable bonds is 6. The predicted octanol–water partition coefficient (Wildman–Crippen LogP) is 5.66. The van der Waals surface area contributed by atoms with Gasteiger partial charge in [-0.2, -0.15) is 5.10 Å². The third kappa shape index (κ3) is 5.30. The Morgan fingerprint density at radius 1 is 1.22 bits per heavy atom. The zero-order valence-electron chi connectivity index (χ0n) is 20.8. The first-order valence-corrected chi connectivity index (χ1v) is 13.4. The van der Waals surface area contributed by atoms with Gasteiger partial charge in [0.25, 0.3) is 0 Å². The number of anilines is 1. The van der Waals surface area contributed by atoms with E-state index < -0.39 is 10.7 Å². The van der Waals surface area contributed by atoms with Crippen molar-refractivity contribution in [3.63, 3.8) is 0 Å². The molecule has 6 nitrogen and oxygen atoms in total. The summed E-state index contributed by atoms with van der Waals surface area (Å²) in [5.74, 6) is -0.291. The number of carbonyl (C=O) groups is 2. The molecular weight excluding hydrogens is 499 g/mol. The molecule has 0 saturated carbocycles. The Morgan fingerprint density at radius 3 is 2.64 bits per heavy atom. The standard InChI is InChI=1S/C27H30ClFN4O2S/c1-5-13-30-21(34)15-32-22(35)16-36-24(19-11-6-7-12-20(19)29)23-25(27(2,3)4)31-33(26(23)32)18-10-8-9-17(28)14-18/h6-12,14,24H,5,13,15-16H2,1-4H3,(H,30,34). The van der Waals surface area contributed by atoms with Crippen LogP contribution in [0.2, 0.25) is 5.02 Å². The van der Waals surface area contributed by atoms with E-state index >= 15 is 4.39 Å². The summed E-state index contributed by atoms with van der Waals surface area (Å²) in [7, 11) is 0. The van der Waals surface area contributed by atoms with Crippen LogP contribution in [0.5, 0.6) is 0 Å². The van der Waals surface area contributed by atoms with Gasteiger partial charge in [0, 0.05) is 28.1 Å². The molecule has 1 aromatic heterocycles. The lowest BCUT2D eigenvalue weighted by Gasteiger charge is -2.24. The zero-order valence-corrected chi connectivity index (χ0v) is 22.4. The molecule has 2 heterocycles. The Bertz CT molecular complexity index is 1290. The lowest BCUT2D eigenvalue weighted by Crippen LogP contribution is -2.42. The Morgan fingerprint density at radius 2 is 1.97 bits per heavy atom. The first-order valence-electron chi connectivity index (χ1n) is 11.9. The van der Waals surface area contributed by atoms with E-state index in [1.165, 1.54) is 22.7 Å². The lowest BCUT2D eigenvalue weighted by atomic mass is 9.87. The maximum Gasteiger partial charge on any atom is 0.240 e. The Hall–Kier alpha value is -2.84. The maximum atomic E-state index is 15.1. The van der Waals surface area contributed by atoms with Crippen LogP contribution in [0.4, 0.5) is 10.2 Å². The van der Waals surface area contributed by atoms with E-state index in [1.54, 1.807) is 35.0 Å². The Balaban J connectivity index is 2.02. The molecule has 2 aromatic carbocycles. The van der Waals surface area contributed by atoms with Gasteiger partial charge in [0.2, 0.25) is 11.8 Å². The summed E-state index contributed by atoms with van der Waals surface area (Å²) in [5.41, 5.74) is 2.16. The van der Waals surface area contributed by atoms with Crippen LogP contribution in [0.15, 0.2) is 48.5 Å². The molecule has 2 amide bonds. The largest absolute Gasteiger partial charge is 0.355 e. The molecule has 4 rings (SSSR count). The summed E-state index contributed by atoms with van der Waals surface area (Å²) in [6.45, 7) is 8.42. The SMILES string of the molecule is CCCNC(=O)CN1C(=O)CSC(c2ccccc2F)c2c(C(C)(C)C)nn(-c3cccc(Cl)c3)c21. The van der Waals surface area contributed by atoms with Crippen LogP contribution >= 0.6 is 23.4 Å². The number of thioether (sulfide) groups is 1. The highest BCUT2D eigenvalue weighted by Crippen LogP contribution is 2.48. The van der Waals surface area contributed by atoms with E-state index in [9.17, 15) is 9.59 Å². The lowest BCUT2D eigenvalue weighted by molar-refractivity contribution is -0.122. The highest BCUT2D eigenvalue weighted by Gasteiger charge is 2.40. The molecule has 0 saturated heterocycles. The van der Waals surface area contributed by atoms with E-state index in [-0.39, 0.29) is 29.9 Å². The molecule has 0 fully saturated rings. The number of hydrogen-bond donors (Lipinski definition) is 1. The maximum absolute atomic E-state index is 15.1. The quantitative estimate of drug-likeness (QED) is 0.448. The first-order chi connectivity index (χ1) is 17.1. The average Bonchev–Trinajstić information content (AvgIpc) is 3.17. The molecule has 1 unspecified atom stereocenters. The number of benzene rings is 2. The second-order valence-electron chi connectivity index (χ2n) is 9.77. The van der Waals surface area contributed by atoms with Crippen molar-refractivity contribution < 1.29 is 14.0 Å². The van der Waals surface area contributed by atoms with Crippen molar-refractivity contribution in [2.45, 2.75) is 44.8 Å². The van der Waals surface area contributed by atoms with E-state index in [4.69, 9.17) is 16.7 Å². The van der Waals surface area contributed by atoms with Gasteiger partial charge < -0.3 is 5.32 Å². The zero-order chi connectivity index (χ0) is 26.0. The molecular formula is C27H30ClFN4O2S. The highest BCUT2D eigenvalue weighted by atomic mass is 35.5. The minimum absolute atomic E-state index is 0.0911. The number of fused-ring (bicyclic) bond motifs is 1. The number of nitrogens with zero attached hydrogens (tertiary/aromatic N) is 3. The fourth-order valence-corrected chi connectivity index (χ4v) is 5.66. The molecule has 36 heavy (non-hydrogen) atoms. The predicted molar refractivity (Wildman–Crippen MR) is 144 cm³/mol. The molecule has 0 aliphatic carbocycles. The van der Waals surface area contributed by atoms with Crippen molar-refractivity contribution in [2.75, 3.05) is 23.7 Å². The number of amides is 2. The second-order valence-corrected chi connectivity index (χ2v) is 11.3. The molecule has 0 bridgehead atoms.